The molecule has 2 aromatic rings. The normalized spacial score (nSPS) is 16.9. The third kappa shape index (κ3) is 4.05. The number of amides is 1. The molecule has 1 aromatic heterocycles. The number of aromatic nitrogens is 2. The second kappa shape index (κ2) is 7.58. The molecular weight excluding hydrogens is 336 g/mol. The third-order valence-electron chi connectivity index (χ3n) is 4.95. The van der Waals surface area contributed by atoms with Crippen LogP contribution in [0.3, 0.4) is 0 Å². The van der Waals surface area contributed by atoms with Crippen LogP contribution in [0, 0.1) is 13.8 Å². The molecule has 1 aliphatic rings. The predicted octanol–water partition coefficient (Wildman–Crippen LogP) is 3.06. The molecule has 0 bridgehead atoms. The van der Waals surface area contributed by atoms with Gasteiger partial charge in [0.05, 0.1) is 10.7 Å². The van der Waals surface area contributed by atoms with Gasteiger partial charge in [-0.05, 0) is 31.9 Å². The fourth-order valence-electron chi connectivity index (χ4n) is 3.19. The molecule has 0 radical (unpaired) electrons. The Morgan fingerprint density at radius 2 is 1.88 bits per heavy atom. The van der Waals surface area contributed by atoms with E-state index in [1.807, 2.05) is 18.7 Å². The van der Waals surface area contributed by atoms with Gasteiger partial charge in [-0.25, -0.2) is 0 Å². The largest absolute Gasteiger partial charge is 0.338 e. The number of aryl methyl sites for hydroxylation is 2. The topological polar surface area (TPSA) is 41.4 Å². The monoisotopic (exact) mass is 360 g/mol. The molecule has 1 aliphatic heterocycles. The molecular formula is C19H25ClN4O. The summed E-state index contributed by atoms with van der Waals surface area (Å²) < 4.78 is 1.67. The maximum absolute atomic E-state index is 12.7. The van der Waals surface area contributed by atoms with Crippen molar-refractivity contribution in [2.75, 3.05) is 26.2 Å². The van der Waals surface area contributed by atoms with Crippen LogP contribution >= 0.6 is 11.6 Å². The van der Waals surface area contributed by atoms with Crippen molar-refractivity contribution in [3.63, 3.8) is 0 Å². The number of hydrogen-bond acceptors (Lipinski definition) is 3. The minimum Gasteiger partial charge on any atom is -0.338 e. The fourth-order valence-corrected chi connectivity index (χ4v) is 3.33. The van der Waals surface area contributed by atoms with E-state index in [4.69, 9.17) is 11.6 Å². The SMILES string of the molecule is Cc1ccccc1CN1CCN(C(=O)C(C)n2cc(Cl)c(C)n2)CC1. The standard InChI is InChI=1S/C19H25ClN4O/c1-14-6-4-5-7-17(14)12-22-8-10-23(11-9-22)19(25)16(3)24-13-18(20)15(2)21-24/h4-7,13,16H,8-12H2,1-3H3. The summed E-state index contributed by atoms with van der Waals surface area (Å²) >= 11 is 6.06. The van der Waals surface area contributed by atoms with E-state index in [9.17, 15) is 4.79 Å². The first-order chi connectivity index (χ1) is 12.0. The van der Waals surface area contributed by atoms with Crippen LogP contribution in [0.2, 0.25) is 5.02 Å². The molecule has 5 nitrogen and oxygen atoms in total. The van der Waals surface area contributed by atoms with Crippen LogP contribution < -0.4 is 0 Å². The number of carbonyl (C=O) groups is 1. The second-order valence-electron chi connectivity index (χ2n) is 6.75. The van der Waals surface area contributed by atoms with Crippen LogP contribution in [0.15, 0.2) is 30.5 Å². The number of rotatable bonds is 4. The molecule has 1 atom stereocenters. The van der Waals surface area contributed by atoms with Crippen molar-refractivity contribution in [1.82, 2.24) is 19.6 Å². The Labute approximate surface area is 154 Å². The van der Waals surface area contributed by atoms with Crippen molar-refractivity contribution in [2.45, 2.75) is 33.4 Å². The zero-order valence-corrected chi connectivity index (χ0v) is 15.8. The van der Waals surface area contributed by atoms with Crippen molar-refractivity contribution in [1.29, 1.82) is 0 Å². The third-order valence-corrected chi connectivity index (χ3v) is 5.32. The Bertz CT molecular complexity index is 730. The highest BCUT2D eigenvalue weighted by molar-refractivity contribution is 6.31. The minimum absolute atomic E-state index is 0.106. The Balaban J connectivity index is 1.56. The number of piperazine rings is 1. The first-order valence-corrected chi connectivity index (χ1v) is 9.10. The highest BCUT2D eigenvalue weighted by Crippen LogP contribution is 2.19. The lowest BCUT2D eigenvalue weighted by atomic mass is 10.1. The van der Waals surface area contributed by atoms with E-state index in [2.05, 4.69) is 41.2 Å². The van der Waals surface area contributed by atoms with E-state index in [-0.39, 0.29) is 11.9 Å². The first-order valence-electron chi connectivity index (χ1n) is 8.72. The van der Waals surface area contributed by atoms with Crippen molar-refractivity contribution >= 4 is 17.5 Å². The molecule has 0 spiro atoms. The average Bonchev–Trinajstić information content (AvgIpc) is 2.95. The zero-order valence-electron chi connectivity index (χ0n) is 15.1. The lowest BCUT2D eigenvalue weighted by molar-refractivity contribution is -0.136. The Morgan fingerprint density at radius 3 is 2.48 bits per heavy atom. The number of benzene rings is 1. The number of hydrogen-bond donors (Lipinski definition) is 0. The molecule has 1 amide bonds. The van der Waals surface area contributed by atoms with E-state index in [0.717, 1.165) is 38.4 Å². The quantitative estimate of drug-likeness (QED) is 0.841. The molecule has 3 rings (SSSR count). The molecule has 0 saturated carbocycles. The summed E-state index contributed by atoms with van der Waals surface area (Å²) in [6.45, 7) is 10.1. The summed E-state index contributed by atoms with van der Waals surface area (Å²) in [5, 5.41) is 4.93. The van der Waals surface area contributed by atoms with Gasteiger partial charge in [0.25, 0.3) is 0 Å². The van der Waals surface area contributed by atoms with Crippen LogP contribution in [0.4, 0.5) is 0 Å². The first kappa shape index (κ1) is 18.0. The smallest absolute Gasteiger partial charge is 0.247 e. The van der Waals surface area contributed by atoms with Gasteiger partial charge in [-0.15, -0.1) is 0 Å². The van der Waals surface area contributed by atoms with Crippen LogP contribution in [0.25, 0.3) is 0 Å². The van der Waals surface area contributed by atoms with Gasteiger partial charge in [-0.1, -0.05) is 35.9 Å². The van der Waals surface area contributed by atoms with E-state index in [1.54, 1.807) is 10.9 Å². The van der Waals surface area contributed by atoms with E-state index >= 15 is 0 Å². The highest BCUT2D eigenvalue weighted by Gasteiger charge is 2.26. The van der Waals surface area contributed by atoms with Crippen LogP contribution in [-0.2, 0) is 11.3 Å². The number of halogens is 1. The Hall–Kier alpha value is -1.85. The van der Waals surface area contributed by atoms with E-state index < -0.39 is 0 Å². The number of carbonyl (C=O) groups excluding carboxylic acids is 1. The molecule has 2 heterocycles. The maximum atomic E-state index is 12.7. The van der Waals surface area contributed by atoms with Crippen molar-refractivity contribution < 1.29 is 4.79 Å². The van der Waals surface area contributed by atoms with Crippen LogP contribution in [-0.4, -0.2) is 51.7 Å². The Kier molecular flexibility index (Phi) is 5.45. The summed E-state index contributed by atoms with van der Waals surface area (Å²) in [6, 6.07) is 8.16. The van der Waals surface area contributed by atoms with Crippen molar-refractivity contribution in [3.8, 4) is 0 Å². The molecule has 134 valence electrons. The summed E-state index contributed by atoms with van der Waals surface area (Å²) in [7, 11) is 0. The van der Waals surface area contributed by atoms with Gasteiger partial charge >= 0.3 is 0 Å². The Morgan fingerprint density at radius 1 is 1.20 bits per heavy atom. The van der Waals surface area contributed by atoms with Gasteiger partial charge in [0.15, 0.2) is 0 Å². The molecule has 1 saturated heterocycles. The van der Waals surface area contributed by atoms with E-state index in [1.165, 1.54) is 11.1 Å². The lowest BCUT2D eigenvalue weighted by Gasteiger charge is -2.36. The minimum atomic E-state index is -0.325. The molecule has 0 N–H and O–H groups in total. The fraction of sp³-hybridized carbons (Fsp3) is 0.474. The van der Waals surface area contributed by atoms with Gasteiger partial charge in [0, 0.05) is 38.9 Å². The highest BCUT2D eigenvalue weighted by atomic mass is 35.5. The van der Waals surface area contributed by atoms with E-state index in [0.29, 0.717) is 5.02 Å². The molecule has 1 unspecified atom stereocenters. The lowest BCUT2D eigenvalue weighted by Crippen LogP contribution is -2.50. The van der Waals surface area contributed by atoms with Gasteiger partial charge in [0.2, 0.25) is 5.91 Å². The predicted molar refractivity (Wildman–Crippen MR) is 99.7 cm³/mol. The van der Waals surface area contributed by atoms with Crippen molar-refractivity contribution in [2.24, 2.45) is 0 Å². The summed E-state index contributed by atoms with van der Waals surface area (Å²) in [5.74, 6) is 0.106. The summed E-state index contributed by atoms with van der Waals surface area (Å²) in [4.78, 5) is 17.1. The van der Waals surface area contributed by atoms with Gasteiger partial charge in [-0.2, -0.15) is 5.10 Å². The van der Waals surface area contributed by atoms with Gasteiger partial charge < -0.3 is 4.90 Å². The van der Waals surface area contributed by atoms with Gasteiger partial charge in [0.1, 0.15) is 6.04 Å². The molecule has 0 aliphatic carbocycles. The summed E-state index contributed by atoms with van der Waals surface area (Å²) in [6.07, 6.45) is 1.73. The second-order valence-corrected chi connectivity index (χ2v) is 7.15. The van der Waals surface area contributed by atoms with Gasteiger partial charge in [-0.3, -0.25) is 14.4 Å². The molecule has 1 fully saturated rings. The van der Waals surface area contributed by atoms with Crippen molar-refractivity contribution in [3.05, 3.63) is 52.3 Å². The van der Waals surface area contributed by atoms with Crippen LogP contribution in [0.1, 0.15) is 29.8 Å². The molecule has 25 heavy (non-hydrogen) atoms. The maximum Gasteiger partial charge on any atom is 0.247 e. The zero-order chi connectivity index (χ0) is 18.0. The average molecular weight is 361 g/mol. The van der Waals surface area contributed by atoms with Crippen LogP contribution in [0.5, 0.6) is 0 Å². The molecule has 6 heteroatoms. The summed E-state index contributed by atoms with van der Waals surface area (Å²) in [5.41, 5.74) is 3.43. The molecule has 1 aromatic carbocycles. The number of nitrogens with zero attached hydrogens (tertiary/aromatic N) is 4.